The number of primary amides is 1. The van der Waals surface area contributed by atoms with E-state index in [2.05, 4.69) is 5.32 Å². The van der Waals surface area contributed by atoms with Crippen LogP contribution in [0.2, 0.25) is 0 Å². The maximum absolute atomic E-state index is 13.3. The number of nitrogens with one attached hydrogen (secondary N) is 1. The fourth-order valence-electron chi connectivity index (χ4n) is 4.78. The number of rotatable bonds is 4. The molecule has 0 spiro atoms. The number of ether oxygens (including phenoxy) is 4. The van der Waals surface area contributed by atoms with E-state index < -0.39 is 53.9 Å². The van der Waals surface area contributed by atoms with Crippen LogP contribution in [0.15, 0.2) is 58.6 Å². The molecular weight excluding hydrogens is 520 g/mol. The highest BCUT2D eigenvalue weighted by atomic mass is 16.6. The first-order chi connectivity index (χ1) is 18.8. The van der Waals surface area contributed by atoms with E-state index in [1.54, 1.807) is 32.1 Å². The molecule has 0 saturated heterocycles. The van der Waals surface area contributed by atoms with Crippen LogP contribution in [0.5, 0.6) is 0 Å². The number of methoxy groups -OCH3 is 3. The zero-order valence-electron chi connectivity index (χ0n) is 24.1. The Labute approximate surface area is 234 Å². The molecule has 0 fully saturated rings. The Kier molecular flexibility index (Phi) is 12.0. The first-order valence-corrected chi connectivity index (χ1v) is 13.0. The molecule has 1 aliphatic heterocycles. The lowest BCUT2D eigenvalue weighted by molar-refractivity contribution is -0.120. The number of allylic oxidation sites excluding steroid dienone is 4. The minimum absolute atomic E-state index is 0.0801. The van der Waals surface area contributed by atoms with E-state index in [0.29, 0.717) is 12.0 Å². The summed E-state index contributed by atoms with van der Waals surface area (Å²) < 4.78 is 21.7. The van der Waals surface area contributed by atoms with Gasteiger partial charge in [-0.25, -0.2) is 4.79 Å². The molecule has 220 valence electrons. The van der Waals surface area contributed by atoms with Crippen molar-refractivity contribution in [3.63, 3.8) is 0 Å². The van der Waals surface area contributed by atoms with Gasteiger partial charge in [-0.1, -0.05) is 38.2 Å². The molecule has 2 bridgehead atoms. The normalized spacial score (nSPS) is 29.3. The molecule has 0 unspecified atom stereocenters. The fourth-order valence-corrected chi connectivity index (χ4v) is 4.78. The van der Waals surface area contributed by atoms with Crippen molar-refractivity contribution < 1.29 is 43.2 Å². The average Bonchev–Trinajstić information content (AvgIpc) is 2.90. The number of hydrogen-bond donors (Lipinski definition) is 3. The number of amides is 2. The number of carbonyl (C=O) groups excluding carboxylic acids is 4. The molecule has 2 rings (SSSR count). The zero-order valence-corrected chi connectivity index (χ0v) is 24.1. The van der Waals surface area contributed by atoms with Gasteiger partial charge in [0.15, 0.2) is 11.9 Å². The third-order valence-corrected chi connectivity index (χ3v) is 6.95. The first kappa shape index (κ1) is 32.7. The molecule has 11 heteroatoms. The van der Waals surface area contributed by atoms with Gasteiger partial charge in [-0.05, 0) is 38.2 Å². The summed E-state index contributed by atoms with van der Waals surface area (Å²) in [5.74, 6) is -2.39. The number of nitrogens with two attached hydrogens (primary N) is 1. The first-order valence-electron chi connectivity index (χ1n) is 13.0. The van der Waals surface area contributed by atoms with E-state index in [-0.39, 0.29) is 34.9 Å². The Bertz CT molecular complexity index is 1150. The lowest BCUT2D eigenvalue weighted by Crippen LogP contribution is -2.37. The topological polar surface area (TPSA) is 163 Å². The third-order valence-electron chi connectivity index (χ3n) is 6.95. The van der Waals surface area contributed by atoms with Crippen LogP contribution in [0.4, 0.5) is 4.79 Å². The Hall–Kier alpha value is -3.54. The number of aliphatic hydroxyl groups excluding tert-OH is 1. The van der Waals surface area contributed by atoms with Crippen molar-refractivity contribution in [1.82, 2.24) is 5.32 Å². The summed E-state index contributed by atoms with van der Waals surface area (Å²) in [7, 11) is 4.21. The Morgan fingerprint density at radius 1 is 1.10 bits per heavy atom. The molecule has 1 aliphatic carbocycles. The van der Waals surface area contributed by atoms with E-state index in [0.717, 1.165) is 6.08 Å². The highest BCUT2D eigenvalue weighted by Crippen LogP contribution is 2.29. The molecule has 1 heterocycles. The van der Waals surface area contributed by atoms with Gasteiger partial charge in [0.25, 0.3) is 5.91 Å². The second-order valence-corrected chi connectivity index (χ2v) is 10.1. The predicted octanol–water partition coefficient (Wildman–Crippen LogP) is 2.41. The third kappa shape index (κ3) is 8.23. The summed E-state index contributed by atoms with van der Waals surface area (Å²) in [6.45, 7) is 6.92. The number of carbonyl (C=O) groups is 4. The molecule has 11 nitrogen and oxygen atoms in total. The highest BCUT2D eigenvalue weighted by molar-refractivity contribution is 6.23. The van der Waals surface area contributed by atoms with Crippen LogP contribution in [0.3, 0.4) is 0 Å². The Balaban J connectivity index is 2.60. The number of fused-ring (bicyclic) bond motifs is 2. The number of ketones is 2. The zero-order chi connectivity index (χ0) is 30.1. The van der Waals surface area contributed by atoms with Crippen molar-refractivity contribution in [2.75, 3.05) is 21.3 Å². The van der Waals surface area contributed by atoms with Crippen molar-refractivity contribution in [2.24, 2.45) is 17.6 Å². The maximum Gasteiger partial charge on any atom is 0.405 e. The van der Waals surface area contributed by atoms with Crippen LogP contribution in [-0.4, -0.2) is 74.4 Å². The van der Waals surface area contributed by atoms with Gasteiger partial charge in [0.1, 0.15) is 6.10 Å². The van der Waals surface area contributed by atoms with Gasteiger partial charge in [-0.2, -0.15) is 0 Å². The standard InChI is InChI=1S/C29H40N2O9/c1-15-11-19-25(34)20(14-21(32)27(19)39-7)31-28(35)16(2)9-8-10-22(37-5)26(40-29(30)36)18(4)13-17(3)24(33)23(12-15)38-6/h8-10,13-15,17,22-24,26,33H,11-12H2,1-7H3,(H2,30,36)(H,31,35)/t15-,17+,22+,23+,24+,26+/m0/s1. The SMILES string of the molecule is COC1=C2C[C@H](C)C[C@@H](OC)[C@H](O)[C@H](C)C=C(C)[C@@H](OC(N)=O)[C@H](OC)C=CC=C(C)C(=O)NC(=CC1=O)C2=O. The molecule has 6 atom stereocenters. The molecule has 2 amide bonds. The summed E-state index contributed by atoms with van der Waals surface area (Å²) >= 11 is 0. The van der Waals surface area contributed by atoms with Crippen molar-refractivity contribution >= 4 is 23.6 Å². The molecule has 2 aliphatic rings. The minimum atomic E-state index is -1.00. The monoisotopic (exact) mass is 560 g/mol. The fraction of sp³-hybridized carbons (Fsp3) is 0.517. The Morgan fingerprint density at radius 3 is 2.35 bits per heavy atom. The number of Topliss-reactive ketones (excluding diaryl/α,β-unsaturated/α-hetero) is 1. The second kappa shape index (κ2) is 14.7. The van der Waals surface area contributed by atoms with Crippen LogP contribution in [0.1, 0.15) is 40.5 Å². The van der Waals surface area contributed by atoms with Crippen LogP contribution in [0, 0.1) is 11.8 Å². The minimum Gasteiger partial charge on any atom is -0.492 e. The molecule has 40 heavy (non-hydrogen) atoms. The van der Waals surface area contributed by atoms with Gasteiger partial charge in [-0.3, -0.25) is 14.4 Å². The van der Waals surface area contributed by atoms with Crippen LogP contribution >= 0.6 is 0 Å². The molecule has 0 aromatic heterocycles. The quantitative estimate of drug-likeness (QED) is 0.346. The molecule has 0 radical (unpaired) electrons. The van der Waals surface area contributed by atoms with Crippen LogP contribution < -0.4 is 11.1 Å². The average molecular weight is 561 g/mol. The van der Waals surface area contributed by atoms with Gasteiger partial charge in [0.2, 0.25) is 11.6 Å². The highest BCUT2D eigenvalue weighted by Gasteiger charge is 2.34. The lowest BCUT2D eigenvalue weighted by atomic mass is 9.85. The summed E-state index contributed by atoms with van der Waals surface area (Å²) in [5, 5.41) is 13.7. The number of aliphatic hydroxyl groups is 1. The van der Waals surface area contributed by atoms with Crippen molar-refractivity contribution in [3.05, 3.63) is 58.6 Å². The second-order valence-electron chi connectivity index (χ2n) is 10.1. The van der Waals surface area contributed by atoms with E-state index in [4.69, 9.17) is 24.7 Å². The van der Waals surface area contributed by atoms with Gasteiger partial charge in [0, 0.05) is 37.4 Å². The predicted molar refractivity (Wildman–Crippen MR) is 147 cm³/mol. The van der Waals surface area contributed by atoms with E-state index in [1.807, 2.05) is 6.92 Å². The molecule has 4 N–H and O–H groups in total. The molecule has 0 saturated carbocycles. The molecule has 0 aromatic rings. The smallest absolute Gasteiger partial charge is 0.405 e. The van der Waals surface area contributed by atoms with Crippen molar-refractivity contribution in [3.8, 4) is 0 Å². The summed E-state index contributed by atoms with van der Waals surface area (Å²) in [6.07, 6.45) is 3.61. The molecular formula is C29H40N2O9. The van der Waals surface area contributed by atoms with Crippen LogP contribution in [0.25, 0.3) is 0 Å². The summed E-state index contributed by atoms with van der Waals surface area (Å²) in [6, 6.07) is 0. The Morgan fingerprint density at radius 2 is 1.77 bits per heavy atom. The summed E-state index contributed by atoms with van der Waals surface area (Å²) in [4.78, 5) is 50.6. The maximum atomic E-state index is 13.3. The van der Waals surface area contributed by atoms with E-state index in [9.17, 15) is 24.3 Å². The van der Waals surface area contributed by atoms with Crippen molar-refractivity contribution in [1.29, 1.82) is 0 Å². The van der Waals surface area contributed by atoms with E-state index >= 15 is 0 Å². The lowest BCUT2D eigenvalue weighted by Gasteiger charge is -2.29. The number of hydrogen-bond acceptors (Lipinski definition) is 9. The van der Waals surface area contributed by atoms with Gasteiger partial charge < -0.3 is 35.1 Å². The van der Waals surface area contributed by atoms with E-state index in [1.165, 1.54) is 34.3 Å². The molecule has 0 aromatic carbocycles. The van der Waals surface area contributed by atoms with Crippen molar-refractivity contribution in [2.45, 2.75) is 65.0 Å². The van der Waals surface area contributed by atoms with Gasteiger partial charge in [-0.15, -0.1) is 0 Å². The van der Waals surface area contributed by atoms with Crippen LogP contribution in [-0.2, 0) is 33.3 Å². The van der Waals surface area contributed by atoms with Gasteiger partial charge >= 0.3 is 6.09 Å². The largest absolute Gasteiger partial charge is 0.492 e. The van der Waals surface area contributed by atoms with Gasteiger partial charge in [0.05, 0.1) is 25.0 Å². The summed E-state index contributed by atoms with van der Waals surface area (Å²) in [5.41, 5.74) is 6.12.